The molecular weight excluding hydrogens is 362 g/mol. The molecule has 0 saturated carbocycles. The van der Waals surface area contributed by atoms with E-state index in [2.05, 4.69) is 4.98 Å². The minimum Gasteiger partial charge on any atom is -0.494 e. The van der Waals surface area contributed by atoms with Crippen LogP contribution >= 0.6 is 11.3 Å². The summed E-state index contributed by atoms with van der Waals surface area (Å²) >= 11 is 1.36. The first-order valence-corrected chi connectivity index (χ1v) is 9.40. The zero-order chi connectivity index (χ0) is 19.2. The minimum absolute atomic E-state index is 0.204. The summed E-state index contributed by atoms with van der Waals surface area (Å²) in [6.07, 6.45) is 0. The first-order valence-electron chi connectivity index (χ1n) is 8.52. The third-order valence-electron chi connectivity index (χ3n) is 3.83. The van der Waals surface area contributed by atoms with Crippen molar-refractivity contribution in [2.45, 2.75) is 13.8 Å². The highest BCUT2D eigenvalue weighted by Gasteiger charge is 2.16. The van der Waals surface area contributed by atoms with Crippen LogP contribution in [0, 0.1) is 6.92 Å². The number of thiazole rings is 1. The van der Waals surface area contributed by atoms with E-state index in [4.69, 9.17) is 9.47 Å². The van der Waals surface area contributed by atoms with Crippen LogP contribution in [0.3, 0.4) is 0 Å². The molecule has 0 atom stereocenters. The predicted octanol–water partition coefficient (Wildman–Crippen LogP) is 4.56. The summed E-state index contributed by atoms with van der Waals surface area (Å²) in [7, 11) is 0. The van der Waals surface area contributed by atoms with E-state index in [1.807, 2.05) is 38.1 Å². The van der Waals surface area contributed by atoms with Crippen LogP contribution in [-0.4, -0.2) is 30.0 Å². The van der Waals surface area contributed by atoms with Gasteiger partial charge in [0.05, 0.1) is 6.61 Å². The molecule has 0 aliphatic rings. The maximum Gasteiger partial charge on any atom is 0.358 e. The molecule has 138 valence electrons. The van der Waals surface area contributed by atoms with Gasteiger partial charge in [-0.25, -0.2) is 9.78 Å². The second-order valence-electron chi connectivity index (χ2n) is 5.86. The number of ether oxygens (including phenoxy) is 2. The summed E-state index contributed by atoms with van der Waals surface area (Å²) in [4.78, 5) is 28.6. The molecule has 0 aliphatic carbocycles. The largest absolute Gasteiger partial charge is 0.494 e. The van der Waals surface area contributed by atoms with E-state index in [0.717, 1.165) is 16.1 Å². The maximum absolute atomic E-state index is 12.2. The van der Waals surface area contributed by atoms with Crippen LogP contribution in [0.15, 0.2) is 53.9 Å². The smallest absolute Gasteiger partial charge is 0.358 e. The Labute approximate surface area is 161 Å². The fraction of sp³-hybridized carbons (Fsp3) is 0.190. The lowest BCUT2D eigenvalue weighted by Gasteiger charge is -2.05. The van der Waals surface area contributed by atoms with Crippen molar-refractivity contribution in [3.8, 4) is 16.3 Å². The van der Waals surface area contributed by atoms with Crippen molar-refractivity contribution < 1.29 is 19.1 Å². The summed E-state index contributed by atoms with van der Waals surface area (Å²) in [6, 6.07) is 14.6. The number of hydrogen-bond acceptors (Lipinski definition) is 6. The average molecular weight is 381 g/mol. The standard InChI is InChI=1S/C21H19NO4S/c1-3-25-17-10-8-15(9-11-17)19(23)12-26-21(24)18-13-27-20(22-18)16-6-4-14(2)5-7-16/h4-11,13H,3,12H2,1-2H3. The maximum atomic E-state index is 12.2. The quantitative estimate of drug-likeness (QED) is 0.443. The van der Waals surface area contributed by atoms with E-state index in [0.29, 0.717) is 17.9 Å². The van der Waals surface area contributed by atoms with E-state index >= 15 is 0 Å². The van der Waals surface area contributed by atoms with Gasteiger partial charge in [-0.15, -0.1) is 11.3 Å². The zero-order valence-electron chi connectivity index (χ0n) is 15.1. The Morgan fingerprint density at radius 2 is 1.74 bits per heavy atom. The third kappa shape index (κ3) is 4.80. The Kier molecular flexibility index (Phi) is 5.98. The van der Waals surface area contributed by atoms with Crippen molar-refractivity contribution in [2.24, 2.45) is 0 Å². The van der Waals surface area contributed by atoms with Gasteiger partial charge in [0, 0.05) is 16.5 Å². The first kappa shape index (κ1) is 18.8. The summed E-state index contributed by atoms with van der Waals surface area (Å²) < 4.78 is 10.5. The van der Waals surface area contributed by atoms with E-state index in [1.165, 1.54) is 11.3 Å². The molecule has 0 bridgehead atoms. The van der Waals surface area contributed by atoms with Crippen LogP contribution in [-0.2, 0) is 4.74 Å². The number of rotatable bonds is 7. The highest BCUT2D eigenvalue weighted by molar-refractivity contribution is 7.13. The highest BCUT2D eigenvalue weighted by atomic mass is 32.1. The first-order chi connectivity index (χ1) is 13.1. The predicted molar refractivity (Wildman–Crippen MR) is 105 cm³/mol. The van der Waals surface area contributed by atoms with E-state index < -0.39 is 5.97 Å². The van der Waals surface area contributed by atoms with Gasteiger partial charge in [0.1, 0.15) is 10.8 Å². The van der Waals surface area contributed by atoms with Crippen LogP contribution < -0.4 is 4.74 Å². The van der Waals surface area contributed by atoms with Gasteiger partial charge in [0.25, 0.3) is 0 Å². The number of benzene rings is 2. The number of Topliss-reactive ketones (excluding diaryl/α,β-unsaturated/α-hetero) is 1. The summed E-state index contributed by atoms with van der Waals surface area (Å²) in [5, 5.41) is 2.37. The van der Waals surface area contributed by atoms with Gasteiger partial charge in [-0.3, -0.25) is 4.79 Å². The van der Waals surface area contributed by atoms with Crippen LogP contribution in [0.1, 0.15) is 33.3 Å². The van der Waals surface area contributed by atoms with Crippen molar-refractivity contribution in [2.75, 3.05) is 13.2 Å². The molecule has 0 spiro atoms. The molecule has 0 saturated heterocycles. The summed E-state index contributed by atoms with van der Waals surface area (Å²) in [6.45, 7) is 4.13. The van der Waals surface area contributed by atoms with Gasteiger partial charge in [-0.1, -0.05) is 29.8 Å². The Balaban J connectivity index is 1.59. The molecule has 0 aliphatic heterocycles. The van der Waals surface area contributed by atoms with Crippen molar-refractivity contribution >= 4 is 23.1 Å². The summed E-state index contributed by atoms with van der Waals surface area (Å²) in [5.41, 5.74) is 2.76. The van der Waals surface area contributed by atoms with Gasteiger partial charge >= 0.3 is 5.97 Å². The molecule has 27 heavy (non-hydrogen) atoms. The lowest BCUT2D eigenvalue weighted by Crippen LogP contribution is -2.14. The normalized spacial score (nSPS) is 10.4. The van der Waals surface area contributed by atoms with Gasteiger partial charge in [-0.05, 0) is 38.1 Å². The van der Waals surface area contributed by atoms with Crippen LogP contribution in [0.25, 0.3) is 10.6 Å². The molecule has 0 N–H and O–H groups in total. The van der Waals surface area contributed by atoms with Gasteiger partial charge in [0.15, 0.2) is 18.1 Å². The molecule has 0 amide bonds. The van der Waals surface area contributed by atoms with Gasteiger partial charge in [-0.2, -0.15) is 0 Å². The number of esters is 1. The molecule has 1 heterocycles. The molecule has 0 fully saturated rings. The zero-order valence-corrected chi connectivity index (χ0v) is 15.9. The number of carbonyl (C=O) groups excluding carboxylic acids is 2. The lowest BCUT2D eigenvalue weighted by molar-refractivity contribution is 0.0470. The molecule has 2 aromatic carbocycles. The van der Waals surface area contributed by atoms with Crippen molar-refractivity contribution in [1.82, 2.24) is 4.98 Å². The Hall–Kier alpha value is -2.99. The van der Waals surface area contributed by atoms with Crippen molar-refractivity contribution in [3.05, 3.63) is 70.7 Å². The lowest BCUT2D eigenvalue weighted by atomic mass is 10.1. The fourth-order valence-electron chi connectivity index (χ4n) is 2.39. The molecule has 0 radical (unpaired) electrons. The van der Waals surface area contributed by atoms with Crippen molar-refractivity contribution in [3.63, 3.8) is 0 Å². The number of aromatic nitrogens is 1. The summed E-state index contributed by atoms with van der Waals surface area (Å²) in [5.74, 6) is -0.193. The number of hydrogen-bond donors (Lipinski definition) is 0. The number of aryl methyl sites for hydroxylation is 1. The second-order valence-corrected chi connectivity index (χ2v) is 6.72. The van der Waals surface area contributed by atoms with E-state index in [9.17, 15) is 9.59 Å². The second kappa shape index (κ2) is 8.60. The average Bonchev–Trinajstić information content (AvgIpc) is 3.17. The molecule has 5 nitrogen and oxygen atoms in total. The Bertz CT molecular complexity index is 930. The van der Waals surface area contributed by atoms with Crippen LogP contribution in [0.5, 0.6) is 5.75 Å². The SMILES string of the molecule is CCOc1ccc(C(=O)COC(=O)c2csc(-c3ccc(C)cc3)n2)cc1. The van der Waals surface area contributed by atoms with Gasteiger partial charge < -0.3 is 9.47 Å². The highest BCUT2D eigenvalue weighted by Crippen LogP contribution is 2.24. The number of carbonyl (C=O) groups is 2. The van der Waals surface area contributed by atoms with Crippen LogP contribution in [0.2, 0.25) is 0 Å². The molecule has 6 heteroatoms. The van der Waals surface area contributed by atoms with Crippen LogP contribution in [0.4, 0.5) is 0 Å². The molecule has 1 aromatic heterocycles. The number of nitrogens with zero attached hydrogens (tertiary/aromatic N) is 1. The monoisotopic (exact) mass is 381 g/mol. The third-order valence-corrected chi connectivity index (χ3v) is 4.72. The molecule has 3 aromatic rings. The van der Waals surface area contributed by atoms with E-state index in [1.54, 1.807) is 29.6 Å². The Morgan fingerprint density at radius 3 is 2.41 bits per heavy atom. The molecule has 3 rings (SSSR count). The van der Waals surface area contributed by atoms with Gasteiger partial charge in [0.2, 0.25) is 0 Å². The van der Waals surface area contributed by atoms with Crippen molar-refractivity contribution in [1.29, 1.82) is 0 Å². The fourth-order valence-corrected chi connectivity index (χ4v) is 3.18. The number of ketones is 1. The molecular formula is C21H19NO4S. The van der Waals surface area contributed by atoms with E-state index in [-0.39, 0.29) is 18.1 Å². The topological polar surface area (TPSA) is 65.5 Å². The Morgan fingerprint density at radius 1 is 1.04 bits per heavy atom. The minimum atomic E-state index is -0.608. The molecule has 0 unspecified atom stereocenters.